The smallest absolute Gasteiger partial charge is 0.116 e. The van der Waals surface area contributed by atoms with E-state index in [0.29, 0.717) is 10.0 Å². The Morgan fingerprint density at radius 1 is 1.33 bits per heavy atom. The van der Waals surface area contributed by atoms with E-state index in [1.807, 2.05) is 6.07 Å². The lowest BCUT2D eigenvalue weighted by Gasteiger charge is -1.97. The number of nitrogens with zero attached hydrogens (tertiary/aromatic N) is 3. The largest absolute Gasteiger partial charge is 0.243 e. The summed E-state index contributed by atoms with van der Waals surface area (Å²) in [5.74, 6) is 0. The summed E-state index contributed by atoms with van der Waals surface area (Å²) in [7, 11) is 0. The molecule has 76 valence electrons. The number of hydrogen-bond donors (Lipinski definition) is 0. The molecule has 0 spiro atoms. The molecule has 1 aromatic heterocycles. The van der Waals surface area contributed by atoms with Crippen molar-refractivity contribution < 1.29 is 0 Å². The van der Waals surface area contributed by atoms with Crippen molar-refractivity contribution in [3.05, 3.63) is 52.5 Å². The average Bonchev–Trinajstić information content (AvgIpc) is 2.69. The number of benzene rings is 1. The summed E-state index contributed by atoms with van der Waals surface area (Å²) in [5, 5.41) is 5.31. The van der Waals surface area contributed by atoms with Gasteiger partial charge < -0.3 is 0 Å². The third kappa shape index (κ3) is 2.58. The van der Waals surface area contributed by atoms with Gasteiger partial charge in [0.15, 0.2) is 0 Å². The summed E-state index contributed by atoms with van der Waals surface area (Å²) in [4.78, 5) is 3.87. The minimum Gasteiger partial charge on any atom is -0.243 e. The molecular formula is C10H7Cl2N3. The van der Waals surface area contributed by atoms with Crippen molar-refractivity contribution in [3.8, 4) is 0 Å². The Morgan fingerprint density at radius 2 is 2.20 bits per heavy atom. The second-order valence-corrected chi connectivity index (χ2v) is 3.70. The maximum atomic E-state index is 5.97. The van der Waals surface area contributed by atoms with Gasteiger partial charge in [-0.3, -0.25) is 0 Å². The first-order chi connectivity index (χ1) is 7.25. The first kappa shape index (κ1) is 10.2. The Morgan fingerprint density at radius 3 is 2.87 bits per heavy atom. The third-order valence-electron chi connectivity index (χ3n) is 1.78. The Labute approximate surface area is 97.0 Å². The molecule has 0 amide bonds. The van der Waals surface area contributed by atoms with Gasteiger partial charge in [-0.25, -0.2) is 9.66 Å². The number of aromatic nitrogens is 2. The van der Waals surface area contributed by atoms with Gasteiger partial charge >= 0.3 is 0 Å². The highest BCUT2D eigenvalue weighted by Crippen LogP contribution is 2.19. The number of halogens is 2. The number of imidazole rings is 1. The van der Waals surface area contributed by atoms with Gasteiger partial charge in [0.05, 0.1) is 11.2 Å². The molecule has 0 radical (unpaired) electrons. The van der Waals surface area contributed by atoms with E-state index >= 15 is 0 Å². The molecule has 15 heavy (non-hydrogen) atoms. The van der Waals surface area contributed by atoms with E-state index in [-0.39, 0.29) is 0 Å². The van der Waals surface area contributed by atoms with Crippen LogP contribution >= 0.6 is 23.2 Å². The SMILES string of the molecule is Clc1ccc(/C=N/n2ccnc2)c(Cl)c1. The number of rotatable bonds is 2. The second-order valence-electron chi connectivity index (χ2n) is 2.85. The lowest BCUT2D eigenvalue weighted by molar-refractivity contribution is 0.882. The zero-order chi connectivity index (χ0) is 10.7. The highest BCUT2D eigenvalue weighted by molar-refractivity contribution is 6.36. The van der Waals surface area contributed by atoms with Crippen molar-refractivity contribution in [2.45, 2.75) is 0 Å². The molecule has 3 nitrogen and oxygen atoms in total. The lowest BCUT2D eigenvalue weighted by Crippen LogP contribution is -1.88. The van der Waals surface area contributed by atoms with E-state index in [9.17, 15) is 0 Å². The molecule has 0 fully saturated rings. The van der Waals surface area contributed by atoms with Gasteiger partial charge in [-0.1, -0.05) is 29.3 Å². The molecule has 0 aliphatic carbocycles. The van der Waals surface area contributed by atoms with Gasteiger partial charge in [-0.15, -0.1) is 0 Å². The molecule has 0 saturated carbocycles. The molecule has 0 saturated heterocycles. The Bertz CT molecular complexity index is 477. The van der Waals surface area contributed by atoms with Crippen molar-refractivity contribution in [2.75, 3.05) is 0 Å². The summed E-state index contributed by atoms with van der Waals surface area (Å²) in [5.41, 5.74) is 0.815. The van der Waals surface area contributed by atoms with Gasteiger partial charge in [0.2, 0.25) is 0 Å². The quantitative estimate of drug-likeness (QED) is 0.742. The van der Waals surface area contributed by atoms with Crippen LogP contribution in [0.2, 0.25) is 10.0 Å². The normalized spacial score (nSPS) is 11.1. The van der Waals surface area contributed by atoms with Crippen LogP contribution in [0.25, 0.3) is 0 Å². The summed E-state index contributed by atoms with van der Waals surface area (Å²) >= 11 is 11.7. The topological polar surface area (TPSA) is 30.2 Å². The van der Waals surface area contributed by atoms with Crippen molar-refractivity contribution in [1.29, 1.82) is 0 Å². The Balaban J connectivity index is 2.24. The molecule has 0 aliphatic rings. The molecule has 2 aromatic rings. The first-order valence-corrected chi connectivity index (χ1v) is 4.98. The van der Waals surface area contributed by atoms with Crippen LogP contribution in [0.4, 0.5) is 0 Å². The number of hydrogen-bond acceptors (Lipinski definition) is 2. The fourth-order valence-electron chi connectivity index (χ4n) is 1.06. The zero-order valence-corrected chi connectivity index (χ0v) is 9.15. The standard InChI is InChI=1S/C10H7Cl2N3/c11-9-2-1-8(10(12)5-9)6-14-15-4-3-13-7-15/h1-7H/b14-6+. The fraction of sp³-hybridized carbons (Fsp3) is 0. The van der Waals surface area contributed by atoms with Gasteiger partial charge in [0, 0.05) is 23.0 Å². The summed E-state index contributed by atoms with van der Waals surface area (Å²) in [6, 6.07) is 5.26. The van der Waals surface area contributed by atoms with Crippen LogP contribution in [0, 0.1) is 0 Å². The first-order valence-electron chi connectivity index (χ1n) is 4.23. The summed E-state index contributed by atoms with van der Waals surface area (Å²) < 4.78 is 1.59. The predicted octanol–water partition coefficient (Wildman–Crippen LogP) is 3.07. The minimum absolute atomic E-state index is 0.575. The van der Waals surface area contributed by atoms with Gasteiger partial charge in [-0.2, -0.15) is 5.10 Å². The summed E-state index contributed by atoms with van der Waals surface area (Å²) in [6.07, 6.45) is 6.64. The molecule has 0 N–H and O–H groups in total. The molecule has 0 unspecified atom stereocenters. The summed E-state index contributed by atoms with van der Waals surface area (Å²) in [6.45, 7) is 0. The maximum absolute atomic E-state index is 5.97. The molecule has 0 atom stereocenters. The van der Waals surface area contributed by atoms with Crippen LogP contribution in [0.1, 0.15) is 5.56 Å². The maximum Gasteiger partial charge on any atom is 0.116 e. The van der Waals surface area contributed by atoms with E-state index in [2.05, 4.69) is 10.1 Å². The molecule has 1 heterocycles. The van der Waals surface area contributed by atoms with Crippen LogP contribution in [-0.4, -0.2) is 15.9 Å². The predicted molar refractivity (Wildman–Crippen MR) is 61.7 cm³/mol. The third-order valence-corrected chi connectivity index (χ3v) is 2.35. The van der Waals surface area contributed by atoms with Crippen LogP contribution in [0.5, 0.6) is 0 Å². The monoisotopic (exact) mass is 239 g/mol. The minimum atomic E-state index is 0.575. The highest BCUT2D eigenvalue weighted by atomic mass is 35.5. The van der Waals surface area contributed by atoms with Crippen LogP contribution in [0.3, 0.4) is 0 Å². The van der Waals surface area contributed by atoms with Crippen molar-refractivity contribution >= 4 is 29.4 Å². The van der Waals surface area contributed by atoms with Gasteiger partial charge in [0.25, 0.3) is 0 Å². The Kier molecular flexibility index (Phi) is 3.04. The van der Waals surface area contributed by atoms with E-state index in [1.54, 1.807) is 41.7 Å². The molecule has 0 aliphatic heterocycles. The molecule has 1 aromatic carbocycles. The molecule has 5 heteroatoms. The van der Waals surface area contributed by atoms with Crippen LogP contribution in [-0.2, 0) is 0 Å². The van der Waals surface area contributed by atoms with Crippen molar-refractivity contribution in [1.82, 2.24) is 9.66 Å². The van der Waals surface area contributed by atoms with E-state index in [0.717, 1.165) is 5.56 Å². The van der Waals surface area contributed by atoms with Gasteiger partial charge in [-0.05, 0) is 12.1 Å². The molecule has 2 rings (SSSR count). The van der Waals surface area contributed by atoms with E-state index in [1.165, 1.54) is 0 Å². The van der Waals surface area contributed by atoms with E-state index < -0.39 is 0 Å². The molecular weight excluding hydrogens is 233 g/mol. The van der Waals surface area contributed by atoms with Crippen LogP contribution < -0.4 is 0 Å². The average molecular weight is 240 g/mol. The van der Waals surface area contributed by atoms with E-state index in [4.69, 9.17) is 23.2 Å². The second kappa shape index (κ2) is 4.47. The van der Waals surface area contributed by atoms with Crippen LogP contribution in [0.15, 0.2) is 42.0 Å². The van der Waals surface area contributed by atoms with Crippen molar-refractivity contribution in [2.24, 2.45) is 5.10 Å². The fourth-order valence-corrected chi connectivity index (χ4v) is 1.51. The lowest BCUT2D eigenvalue weighted by atomic mass is 10.2. The van der Waals surface area contributed by atoms with Crippen molar-refractivity contribution in [3.63, 3.8) is 0 Å². The highest BCUT2D eigenvalue weighted by Gasteiger charge is 1.97. The Hall–Kier alpha value is -1.32. The van der Waals surface area contributed by atoms with Gasteiger partial charge in [0.1, 0.15) is 6.33 Å². The molecule has 0 bridgehead atoms. The zero-order valence-electron chi connectivity index (χ0n) is 7.64.